The van der Waals surface area contributed by atoms with Gasteiger partial charge in [-0.2, -0.15) is 13.2 Å². The standard InChI is InChI=1S/C9H9ClF3N.ClH/c1-14-8(9(11,12)13)6-2-4-7(10)5-3-6;/h2-5,8,14H,1H3;1H. The largest absolute Gasteiger partial charge is 0.407 e. The first-order valence-corrected chi connectivity index (χ1v) is 4.32. The lowest BCUT2D eigenvalue weighted by molar-refractivity contribution is -0.156. The molecule has 1 unspecified atom stereocenters. The minimum Gasteiger partial charge on any atom is -0.306 e. The molecule has 0 aliphatic rings. The number of hydrogen-bond acceptors (Lipinski definition) is 1. The van der Waals surface area contributed by atoms with Crippen LogP contribution in [0, 0.1) is 0 Å². The van der Waals surface area contributed by atoms with Gasteiger partial charge in [-0.1, -0.05) is 23.7 Å². The molecule has 6 heteroatoms. The quantitative estimate of drug-likeness (QED) is 0.856. The highest BCUT2D eigenvalue weighted by Gasteiger charge is 2.39. The minimum atomic E-state index is -4.29. The van der Waals surface area contributed by atoms with Gasteiger partial charge in [0.2, 0.25) is 0 Å². The van der Waals surface area contributed by atoms with E-state index in [0.717, 1.165) is 0 Å². The van der Waals surface area contributed by atoms with Gasteiger partial charge in [-0.05, 0) is 24.7 Å². The van der Waals surface area contributed by atoms with E-state index in [1.54, 1.807) is 0 Å². The molecule has 1 N–H and O–H groups in total. The number of benzene rings is 1. The normalized spacial score (nSPS) is 13.1. The molecule has 1 aromatic rings. The van der Waals surface area contributed by atoms with Crippen molar-refractivity contribution in [2.75, 3.05) is 7.05 Å². The molecular weight excluding hydrogens is 250 g/mol. The van der Waals surface area contributed by atoms with Gasteiger partial charge in [0.15, 0.2) is 0 Å². The molecule has 86 valence electrons. The molecule has 0 aliphatic carbocycles. The summed E-state index contributed by atoms with van der Waals surface area (Å²) >= 11 is 5.57. The molecule has 0 amide bonds. The van der Waals surface area contributed by atoms with E-state index in [-0.39, 0.29) is 18.0 Å². The van der Waals surface area contributed by atoms with Crippen molar-refractivity contribution in [1.82, 2.24) is 5.32 Å². The molecule has 0 bridgehead atoms. The van der Waals surface area contributed by atoms with Crippen molar-refractivity contribution in [3.8, 4) is 0 Å². The summed E-state index contributed by atoms with van der Waals surface area (Å²) in [5, 5.41) is 2.63. The van der Waals surface area contributed by atoms with E-state index in [0.29, 0.717) is 5.02 Å². The third-order valence-corrected chi connectivity index (χ3v) is 2.07. The molecule has 0 spiro atoms. The molecule has 1 atom stereocenters. The van der Waals surface area contributed by atoms with Crippen molar-refractivity contribution in [3.05, 3.63) is 34.9 Å². The molecule has 0 aromatic heterocycles. The Labute approximate surface area is 97.0 Å². The molecule has 0 heterocycles. The Morgan fingerprint density at radius 1 is 1.20 bits per heavy atom. The second kappa shape index (κ2) is 5.58. The van der Waals surface area contributed by atoms with Gasteiger partial charge >= 0.3 is 6.18 Å². The number of halogens is 5. The lowest BCUT2D eigenvalue weighted by Gasteiger charge is -2.19. The maximum absolute atomic E-state index is 12.4. The van der Waals surface area contributed by atoms with Gasteiger partial charge in [-0.3, -0.25) is 0 Å². The third-order valence-electron chi connectivity index (χ3n) is 1.82. The predicted octanol–water partition coefficient (Wildman–Crippen LogP) is 3.58. The molecular formula is C9H10Cl2F3N. The Morgan fingerprint density at radius 3 is 2.00 bits per heavy atom. The van der Waals surface area contributed by atoms with Crippen molar-refractivity contribution in [2.24, 2.45) is 0 Å². The second-order valence-corrected chi connectivity index (χ2v) is 3.25. The smallest absolute Gasteiger partial charge is 0.306 e. The summed E-state index contributed by atoms with van der Waals surface area (Å²) in [4.78, 5) is 0. The number of hydrogen-bond donors (Lipinski definition) is 1. The molecule has 0 saturated carbocycles. The van der Waals surface area contributed by atoms with E-state index in [9.17, 15) is 13.2 Å². The zero-order valence-electron chi connectivity index (χ0n) is 7.81. The van der Waals surface area contributed by atoms with E-state index in [4.69, 9.17) is 11.6 Å². The van der Waals surface area contributed by atoms with Crippen molar-refractivity contribution in [1.29, 1.82) is 0 Å². The molecule has 0 radical (unpaired) electrons. The highest BCUT2D eigenvalue weighted by Crippen LogP contribution is 2.32. The Kier molecular flexibility index (Phi) is 5.42. The van der Waals surface area contributed by atoms with Crippen molar-refractivity contribution >= 4 is 24.0 Å². The lowest BCUT2D eigenvalue weighted by Crippen LogP contribution is -2.31. The first-order chi connectivity index (χ1) is 6.45. The highest BCUT2D eigenvalue weighted by atomic mass is 35.5. The monoisotopic (exact) mass is 259 g/mol. The van der Waals surface area contributed by atoms with Crippen LogP contribution >= 0.6 is 24.0 Å². The van der Waals surface area contributed by atoms with Crippen LogP contribution in [0.1, 0.15) is 11.6 Å². The topological polar surface area (TPSA) is 12.0 Å². The summed E-state index contributed by atoms with van der Waals surface area (Å²) in [6.07, 6.45) is -4.29. The zero-order valence-corrected chi connectivity index (χ0v) is 9.38. The van der Waals surface area contributed by atoms with Crippen molar-refractivity contribution in [2.45, 2.75) is 12.2 Å². The van der Waals surface area contributed by atoms with Gasteiger partial charge in [-0.25, -0.2) is 0 Å². The summed E-state index contributed by atoms with van der Waals surface area (Å²) in [6, 6.07) is 3.95. The van der Waals surface area contributed by atoms with Crippen LogP contribution in [0.3, 0.4) is 0 Å². The lowest BCUT2D eigenvalue weighted by atomic mass is 10.1. The van der Waals surface area contributed by atoms with Crippen LogP contribution in [0.15, 0.2) is 24.3 Å². The fourth-order valence-corrected chi connectivity index (χ4v) is 1.30. The van der Waals surface area contributed by atoms with Crippen LogP contribution in [0.2, 0.25) is 5.02 Å². The third kappa shape index (κ3) is 3.89. The van der Waals surface area contributed by atoms with Gasteiger partial charge in [0.05, 0.1) is 0 Å². The van der Waals surface area contributed by atoms with E-state index in [2.05, 4.69) is 5.32 Å². The predicted molar refractivity (Wildman–Crippen MR) is 56.6 cm³/mol. The van der Waals surface area contributed by atoms with Crippen molar-refractivity contribution in [3.63, 3.8) is 0 Å². The highest BCUT2D eigenvalue weighted by molar-refractivity contribution is 6.30. The SMILES string of the molecule is CNC(c1ccc(Cl)cc1)C(F)(F)F.Cl. The van der Waals surface area contributed by atoms with Crippen LogP contribution in [-0.4, -0.2) is 13.2 Å². The van der Waals surface area contributed by atoms with Crippen molar-refractivity contribution < 1.29 is 13.2 Å². The van der Waals surface area contributed by atoms with Crippen LogP contribution < -0.4 is 5.32 Å². The minimum absolute atomic E-state index is 0. The maximum Gasteiger partial charge on any atom is 0.407 e. The Hall–Kier alpha value is -0.450. The number of alkyl halides is 3. The van der Waals surface area contributed by atoms with Gasteiger partial charge in [0, 0.05) is 5.02 Å². The van der Waals surface area contributed by atoms with Gasteiger partial charge in [0.25, 0.3) is 0 Å². The number of rotatable bonds is 2. The molecule has 15 heavy (non-hydrogen) atoms. The average molecular weight is 260 g/mol. The Morgan fingerprint density at radius 2 is 1.67 bits per heavy atom. The van der Waals surface area contributed by atoms with Gasteiger partial charge < -0.3 is 5.32 Å². The molecule has 1 rings (SSSR count). The van der Waals surface area contributed by atoms with E-state index in [1.165, 1.54) is 31.3 Å². The first-order valence-electron chi connectivity index (χ1n) is 3.94. The fraction of sp³-hybridized carbons (Fsp3) is 0.333. The van der Waals surface area contributed by atoms with Crippen LogP contribution in [-0.2, 0) is 0 Å². The summed E-state index contributed by atoms with van der Waals surface area (Å²) < 4.78 is 37.2. The Balaban J connectivity index is 0.00000196. The van der Waals surface area contributed by atoms with Crippen LogP contribution in [0.25, 0.3) is 0 Å². The summed E-state index contributed by atoms with van der Waals surface area (Å²) in [5.41, 5.74) is 0.157. The molecule has 0 saturated heterocycles. The summed E-state index contributed by atoms with van der Waals surface area (Å²) in [6.45, 7) is 0. The molecule has 1 nitrogen and oxygen atoms in total. The average Bonchev–Trinajstić information content (AvgIpc) is 2.07. The van der Waals surface area contributed by atoms with Crippen LogP contribution in [0.4, 0.5) is 13.2 Å². The summed E-state index contributed by atoms with van der Waals surface area (Å²) in [7, 11) is 1.27. The molecule has 0 fully saturated rings. The van der Waals surface area contributed by atoms with E-state index >= 15 is 0 Å². The summed E-state index contributed by atoms with van der Waals surface area (Å²) in [5.74, 6) is 0. The van der Waals surface area contributed by atoms with Gasteiger partial charge in [-0.15, -0.1) is 12.4 Å². The van der Waals surface area contributed by atoms with Crippen LogP contribution in [0.5, 0.6) is 0 Å². The zero-order chi connectivity index (χ0) is 10.8. The second-order valence-electron chi connectivity index (χ2n) is 2.81. The molecule has 0 aliphatic heterocycles. The number of nitrogens with one attached hydrogen (secondary N) is 1. The maximum atomic E-state index is 12.4. The first kappa shape index (κ1) is 14.5. The van der Waals surface area contributed by atoms with E-state index in [1.807, 2.05) is 0 Å². The fourth-order valence-electron chi connectivity index (χ4n) is 1.17. The van der Waals surface area contributed by atoms with Gasteiger partial charge in [0.1, 0.15) is 6.04 Å². The van der Waals surface area contributed by atoms with E-state index < -0.39 is 12.2 Å². The Bertz CT molecular complexity index is 297. The molecule has 1 aromatic carbocycles.